The summed E-state index contributed by atoms with van der Waals surface area (Å²) in [6.45, 7) is 2.43. The summed E-state index contributed by atoms with van der Waals surface area (Å²) in [6.07, 6.45) is 4.26. The van der Waals surface area contributed by atoms with Crippen LogP contribution in [0.5, 0.6) is 0 Å². The largest absolute Gasteiger partial charge is 0.369 e. The molecule has 2 rings (SSSR count). The molecular formula is C11H12BrN5O2S. The van der Waals surface area contributed by atoms with E-state index in [1.807, 2.05) is 6.92 Å². The third kappa shape index (κ3) is 3.42. The highest BCUT2D eigenvalue weighted by atomic mass is 79.9. The normalized spacial score (nSPS) is 11.1. The van der Waals surface area contributed by atoms with Crippen LogP contribution in [-0.4, -0.2) is 29.9 Å². The van der Waals surface area contributed by atoms with E-state index in [2.05, 4.69) is 40.9 Å². The van der Waals surface area contributed by atoms with Gasteiger partial charge in [-0.3, -0.25) is 4.72 Å². The fraction of sp³-hybridized carbons (Fsp3) is 0.182. The fourth-order valence-electron chi connectivity index (χ4n) is 1.47. The second kappa shape index (κ2) is 6.14. The molecule has 0 saturated heterocycles. The van der Waals surface area contributed by atoms with Gasteiger partial charge in [-0.15, -0.1) is 0 Å². The molecule has 2 aromatic rings. The lowest BCUT2D eigenvalue weighted by Crippen LogP contribution is -2.17. The first-order chi connectivity index (χ1) is 9.53. The lowest BCUT2D eigenvalue weighted by atomic mass is 10.4. The van der Waals surface area contributed by atoms with Crippen LogP contribution in [-0.2, 0) is 10.0 Å². The highest BCUT2D eigenvalue weighted by molar-refractivity contribution is 9.10. The van der Waals surface area contributed by atoms with E-state index in [9.17, 15) is 8.42 Å². The molecule has 0 unspecified atom stereocenters. The molecule has 0 aromatic carbocycles. The first-order valence-corrected chi connectivity index (χ1v) is 8.00. The first-order valence-electron chi connectivity index (χ1n) is 5.72. The number of hydrogen-bond acceptors (Lipinski definition) is 6. The summed E-state index contributed by atoms with van der Waals surface area (Å²) in [5.41, 5.74) is 0. The Morgan fingerprint density at radius 1 is 1.25 bits per heavy atom. The van der Waals surface area contributed by atoms with E-state index in [0.29, 0.717) is 17.0 Å². The minimum absolute atomic E-state index is 0.0616. The summed E-state index contributed by atoms with van der Waals surface area (Å²) in [5, 5.41) is 2.90. The van der Waals surface area contributed by atoms with E-state index in [0.717, 1.165) is 0 Å². The molecule has 0 spiro atoms. The summed E-state index contributed by atoms with van der Waals surface area (Å²) in [5.74, 6) is 0.437. The molecule has 2 N–H and O–H groups in total. The highest BCUT2D eigenvalue weighted by Gasteiger charge is 2.19. The number of sulfonamides is 1. The Labute approximate surface area is 125 Å². The molecule has 2 heterocycles. The molecule has 0 atom stereocenters. The van der Waals surface area contributed by atoms with Crippen LogP contribution in [0.15, 0.2) is 40.2 Å². The standard InChI is InChI=1S/C11H12BrN5O2S/c1-2-13-11-8(4-3-5-14-11)20(18,19)17-10-7-15-9(12)6-16-10/h3-7H,2H2,1H3,(H,13,14)(H,16,17). The van der Waals surface area contributed by atoms with Crippen LogP contribution in [0.4, 0.5) is 11.6 Å². The van der Waals surface area contributed by atoms with Gasteiger partial charge in [0, 0.05) is 12.7 Å². The van der Waals surface area contributed by atoms with Crippen LogP contribution in [0, 0.1) is 0 Å². The maximum Gasteiger partial charge on any atom is 0.266 e. The van der Waals surface area contributed by atoms with Gasteiger partial charge in [-0.25, -0.2) is 23.4 Å². The van der Waals surface area contributed by atoms with Gasteiger partial charge in [0.1, 0.15) is 15.3 Å². The van der Waals surface area contributed by atoms with Crippen molar-refractivity contribution in [3.8, 4) is 0 Å². The number of anilines is 2. The van der Waals surface area contributed by atoms with Gasteiger partial charge in [-0.2, -0.15) is 0 Å². The highest BCUT2D eigenvalue weighted by Crippen LogP contribution is 2.20. The van der Waals surface area contributed by atoms with E-state index in [1.54, 1.807) is 6.07 Å². The Morgan fingerprint density at radius 3 is 2.70 bits per heavy atom. The van der Waals surface area contributed by atoms with Crippen molar-refractivity contribution < 1.29 is 8.42 Å². The number of halogens is 1. The Kier molecular flexibility index (Phi) is 4.50. The number of hydrogen-bond donors (Lipinski definition) is 2. The molecule has 2 aromatic heterocycles. The Balaban J connectivity index is 2.33. The molecule has 0 saturated carbocycles. The van der Waals surface area contributed by atoms with Crippen molar-refractivity contribution in [1.29, 1.82) is 0 Å². The van der Waals surface area contributed by atoms with Crippen LogP contribution in [0.2, 0.25) is 0 Å². The Morgan fingerprint density at radius 2 is 2.05 bits per heavy atom. The summed E-state index contributed by atoms with van der Waals surface area (Å²) in [6, 6.07) is 3.03. The number of nitrogens with zero attached hydrogens (tertiary/aromatic N) is 3. The number of nitrogens with one attached hydrogen (secondary N) is 2. The third-order valence-electron chi connectivity index (χ3n) is 2.26. The zero-order valence-corrected chi connectivity index (χ0v) is 12.9. The van der Waals surface area contributed by atoms with Gasteiger partial charge >= 0.3 is 0 Å². The van der Waals surface area contributed by atoms with Gasteiger partial charge < -0.3 is 5.32 Å². The van der Waals surface area contributed by atoms with E-state index in [1.165, 1.54) is 24.7 Å². The van der Waals surface area contributed by atoms with Crippen molar-refractivity contribution in [2.45, 2.75) is 11.8 Å². The number of aromatic nitrogens is 3. The number of pyridine rings is 1. The molecule has 0 bridgehead atoms. The van der Waals surface area contributed by atoms with Crippen molar-refractivity contribution >= 4 is 37.6 Å². The maximum absolute atomic E-state index is 12.3. The molecule has 0 fully saturated rings. The lowest BCUT2D eigenvalue weighted by molar-refractivity contribution is 0.601. The molecule has 0 aliphatic heterocycles. The Hall–Kier alpha value is -1.74. The van der Waals surface area contributed by atoms with Gasteiger partial charge in [0.15, 0.2) is 5.82 Å². The van der Waals surface area contributed by atoms with Crippen molar-refractivity contribution in [3.05, 3.63) is 35.3 Å². The fourth-order valence-corrected chi connectivity index (χ4v) is 2.80. The first kappa shape index (κ1) is 14.7. The summed E-state index contributed by atoms with van der Waals surface area (Å²) >= 11 is 3.13. The smallest absolute Gasteiger partial charge is 0.266 e. The topological polar surface area (TPSA) is 96.9 Å². The van der Waals surface area contributed by atoms with Crippen LogP contribution >= 0.6 is 15.9 Å². The molecule has 0 aliphatic carbocycles. The van der Waals surface area contributed by atoms with Gasteiger partial charge in [-0.1, -0.05) is 0 Å². The van der Waals surface area contributed by atoms with Gasteiger partial charge in [0.2, 0.25) is 0 Å². The number of rotatable bonds is 5. The van der Waals surface area contributed by atoms with Crippen molar-refractivity contribution in [2.75, 3.05) is 16.6 Å². The van der Waals surface area contributed by atoms with E-state index in [-0.39, 0.29) is 10.7 Å². The second-order valence-electron chi connectivity index (χ2n) is 3.71. The van der Waals surface area contributed by atoms with Crippen molar-refractivity contribution in [1.82, 2.24) is 15.0 Å². The van der Waals surface area contributed by atoms with Crippen molar-refractivity contribution in [3.63, 3.8) is 0 Å². The van der Waals surface area contributed by atoms with Crippen LogP contribution < -0.4 is 10.0 Å². The predicted molar refractivity (Wildman–Crippen MR) is 78.9 cm³/mol. The van der Waals surface area contributed by atoms with Crippen LogP contribution in [0.1, 0.15) is 6.92 Å². The van der Waals surface area contributed by atoms with Gasteiger partial charge in [-0.05, 0) is 35.0 Å². The van der Waals surface area contributed by atoms with Gasteiger partial charge in [0.25, 0.3) is 10.0 Å². The molecule has 0 amide bonds. The van der Waals surface area contributed by atoms with E-state index < -0.39 is 10.0 Å². The zero-order chi connectivity index (χ0) is 14.6. The minimum Gasteiger partial charge on any atom is -0.369 e. The third-order valence-corrected chi connectivity index (χ3v) is 4.06. The van der Waals surface area contributed by atoms with Crippen molar-refractivity contribution in [2.24, 2.45) is 0 Å². The maximum atomic E-state index is 12.3. The monoisotopic (exact) mass is 357 g/mol. The zero-order valence-electron chi connectivity index (χ0n) is 10.5. The molecular weight excluding hydrogens is 346 g/mol. The van der Waals surface area contributed by atoms with E-state index >= 15 is 0 Å². The summed E-state index contributed by atoms with van der Waals surface area (Å²) in [7, 11) is -3.77. The molecule has 9 heteroatoms. The quantitative estimate of drug-likeness (QED) is 0.847. The predicted octanol–water partition coefficient (Wildman–Crippen LogP) is 1.87. The summed E-state index contributed by atoms with van der Waals surface area (Å²) < 4.78 is 27.5. The molecule has 0 aliphatic rings. The molecule has 7 nitrogen and oxygen atoms in total. The lowest BCUT2D eigenvalue weighted by Gasteiger charge is -2.11. The average Bonchev–Trinajstić information content (AvgIpc) is 2.42. The second-order valence-corrected chi connectivity index (χ2v) is 6.17. The van der Waals surface area contributed by atoms with E-state index in [4.69, 9.17) is 0 Å². The Bertz CT molecular complexity index is 690. The minimum atomic E-state index is -3.77. The van der Waals surface area contributed by atoms with Crippen LogP contribution in [0.3, 0.4) is 0 Å². The SMILES string of the molecule is CCNc1ncccc1S(=O)(=O)Nc1cnc(Br)cn1. The van der Waals surface area contributed by atoms with Gasteiger partial charge in [0.05, 0.1) is 12.4 Å². The van der Waals surface area contributed by atoms with Crippen LogP contribution in [0.25, 0.3) is 0 Å². The molecule has 20 heavy (non-hydrogen) atoms. The average molecular weight is 358 g/mol. The molecule has 106 valence electrons. The molecule has 0 radical (unpaired) electrons. The summed E-state index contributed by atoms with van der Waals surface area (Å²) in [4.78, 5) is 11.9.